The predicted octanol–water partition coefficient (Wildman–Crippen LogP) is 2.69. The number of benzene rings is 1. The summed E-state index contributed by atoms with van der Waals surface area (Å²) < 4.78 is 0. The van der Waals surface area contributed by atoms with Gasteiger partial charge in [0.1, 0.15) is 0 Å². The molecule has 1 aromatic rings. The fourth-order valence-electron chi connectivity index (χ4n) is 2.21. The zero-order valence-electron chi connectivity index (χ0n) is 11.6. The molecule has 4 nitrogen and oxygen atoms in total. The van der Waals surface area contributed by atoms with Crippen molar-refractivity contribution < 1.29 is 4.79 Å². The maximum absolute atomic E-state index is 12.1. The van der Waals surface area contributed by atoms with Crippen LogP contribution in [0.5, 0.6) is 0 Å². The Hall–Kier alpha value is -0.910. The molecule has 1 heterocycles. The Balaban J connectivity index is 1.88. The number of hydrogen-bond acceptors (Lipinski definition) is 4. The second kappa shape index (κ2) is 7.20. The summed E-state index contributed by atoms with van der Waals surface area (Å²) >= 11 is 7.83. The number of carbonyl (C=O) groups excluding carboxylic acids is 1. The van der Waals surface area contributed by atoms with E-state index in [1.165, 1.54) is 0 Å². The lowest BCUT2D eigenvalue weighted by molar-refractivity contribution is -0.117. The summed E-state index contributed by atoms with van der Waals surface area (Å²) in [5, 5.41) is 4.05. The molecule has 1 amide bonds. The van der Waals surface area contributed by atoms with Gasteiger partial charge in [0.25, 0.3) is 0 Å². The molecule has 1 aromatic carbocycles. The Morgan fingerprint density at radius 2 is 2.40 bits per heavy atom. The van der Waals surface area contributed by atoms with Crippen LogP contribution >= 0.6 is 23.4 Å². The summed E-state index contributed by atoms with van der Waals surface area (Å²) in [6.07, 6.45) is 1.15. The Morgan fingerprint density at radius 1 is 1.60 bits per heavy atom. The second-order valence-electron chi connectivity index (χ2n) is 4.92. The number of nitrogens with one attached hydrogen (secondary N) is 1. The lowest BCUT2D eigenvalue weighted by Gasteiger charge is -2.31. The number of halogens is 1. The van der Waals surface area contributed by atoms with Gasteiger partial charge < -0.3 is 11.1 Å². The first-order valence-electron chi connectivity index (χ1n) is 6.77. The van der Waals surface area contributed by atoms with E-state index in [0.29, 0.717) is 28.2 Å². The molecule has 110 valence electrons. The maximum Gasteiger partial charge on any atom is 0.238 e. The molecule has 1 unspecified atom stereocenters. The number of nitrogen functional groups attached to an aromatic ring is 1. The number of anilines is 2. The van der Waals surface area contributed by atoms with Crippen LogP contribution in [0.3, 0.4) is 0 Å². The molecule has 0 aromatic heterocycles. The van der Waals surface area contributed by atoms with E-state index in [9.17, 15) is 4.79 Å². The molecule has 1 atom stereocenters. The van der Waals surface area contributed by atoms with Gasteiger partial charge >= 0.3 is 0 Å². The van der Waals surface area contributed by atoms with Gasteiger partial charge in [-0.1, -0.05) is 18.5 Å². The zero-order chi connectivity index (χ0) is 14.5. The van der Waals surface area contributed by atoms with Crippen LogP contribution in [0.25, 0.3) is 0 Å². The van der Waals surface area contributed by atoms with E-state index < -0.39 is 0 Å². The number of nitrogens with zero attached hydrogens (tertiary/aromatic N) is 1. The van der Waals surface area contributed by atoms with Gasteiger partial charge in [0.15, 0.2) is 0 Å². The maximum atomic E-state index is 12.1. The van der Waals surface area contributed by atoms with Gasteiger partial charge in [-0.25, -0.2) is 0 Å². The van der Waals surface area contributed by atoms with E-state index in [1.54, 1.807) is 18.2 Å². The fraction of sp³-hybridized carbons (Fsp3) is 0.500. The summed E-state index contributed by atoms with van der Waals surface area (Å²) in [6, 6.07) is 5.09. The van der Waals surface area contributed by atoms with Crippen molar-refractivity contribution in [2.45, 2.75) is 18.6 Å². The van der Waals surface area contributed by atoms with E-state index in [4.69, 9.17) is 17.3 Å². The highest BCUT2D eigenvalue weighted by atomic mass is 35.5. The van der Waals surface area contributed by atoms with E-state index in [1.807, 2.05) is 11.8 Å². The third-order valence-electron chi connectivity index (χ3n) is 3.33. The molecule has 20 heavy (non-hydrogen) atoms. The molecule has 2 rings (SSSR count). The van der Waals surface area contributed by atoms with Crippen LogP contribution in [0.15, 0.2) is 18.2 Å². The monoisotopic (exact) mass is 313 g/mol. The van der Waals surface area contributed by atoms with Crippen molar-refractivity contribution in [1.82, 2.24) is 4.90 Å². The van der Waals surface area contributed by atoms with Gasteiger partial charge in [0.05, 0.1) is 17.9 Å². The van der Waals surface area contributed by atoms with Crippen LogP contribution < -0.4 is 11.1 Å². The Morgan fingerprint density at radius 3 is 3.10 bits per heavy atom. The Labute approximate surface area is 129 Å². The Kier molecular flexibility index (Phi) is 5.57. The van der Waals surface area contributed by atoms with Crippen LogP contribution in [0.1, 0.15) is 13.3 Å². The highest BCUT2D eigenvalue weighted by Gasteiger charge is 2.20. The summed E-state index contributed by atoms with van der Waals surface area (Å²) in [5.74, 6) is 1.07. The summed E-state index contributed by atoms with van der Waals surface area (Å²) in [4.78, 5) is 14.3. The minimum absolute atomic E-state index is 0.0271. The molecular weight excluding hydrogens is 294 g/mol. The van der Waals surface area contributed by atoms with Gasteiger partial charge in [-0.05, 0) is 24.6 Å². The average Bonchev–Trinajstić information content (AvgIpc) is 2.42. The number of carbonyl (C=O) groups is 1. The van der Waals surface area contributed by atoms with Gasteiger partial charge in [-0.3, -0.25) is 9.69 Å². The number of amides is 1. The van der Waals surface area contributed by atoms with Gasteiger partial charge in [-0.2, -0.15) is 11.8 Å². The first kappa shape index (κ1) is 15.5. The van der Waals surface area contributed by atoms with Crippen molar-refractivity contribution in [1.29, 1.82) is 0 Å². The van der Waals surface area contributed by atoms with Crippen molar-refractivity contribution in [3.63, 3.8) is 0 Å². The molecule has 0 radical (unpaired) electrons. The number of hydrogen-bond donors (Lipinski definition) is 2. The van der Waals surface area contributed by atoms with Gasteiger partial charge in [0, 0.05) is 29.1 Å². The second-order valence-corrected chi connectivity index (χ2v) is 6.76. The first-order valence-corrected chi connectivity index (χ1v) is 8.20. The fourth-order valence-corrected chi connectivity index (χ4v) is 3.64. The topological polar surface area (TPSA) is 58.4 Å². The van der Waals surface area contributed by atoms with Gasteiger partial charge in [-0.15, -0.1) is 0 Å². The smallest absolute Gasteiger partial charge is 0.238 e. The summed E-state index contributed by atoms with van der Waals surface area (Å²) in [6.45, 7) is 4.55. The molecular formula is C14H20ClN3OS. The minimum atomic E-state index is -0.0271. The van der Waals surface area contributed by atoms with Crippen LogP contribution in [-0.4, -0.2) is 41.4 Å². The third-order valence-corrected chi connectivity index (χ3v) is 4.94. The molecule has 3 N–H and O–H groups in total. The molecule has 1 fully saturated rings. The standard InChI is InChI=1S/C14H20ClN3OS/c1-2-11-8-18(5-6-20-11)9-14(19)17-13-4-3-10(15)7-12(13)16/h3-4,7,11H,2,5-6,8-9,16H2,1H3,(H,17,19). The predicted molar refractivity (Wildman–Crippen MR) is 87.5 cm³/mol. The van der Waals surface area contributed by atoms with E-state index >= 15 is 0 Å². The summed E-state index contributed by atoms with van der Waals surface area (Å²) in [5.41, 5.74) is 6.95. The molecule has 0 saturated carbocycles. The number of nitrogens with two attached hydrogens (primary N) is 1. The molecule has 1 aliphatic heterocycles. The highest BCUT2D eigenvalue weighted by Crippen LogP contribution is 2.23. The lowest BCUT2D eigenvalue weighted by Crippen LogP contribution is -2.42. The molecule has 6 heteroatoms. The largest absolute Gasteiger partial charge is 0.397 e. The van der Waals surface area contributed by atoms with Crippen LogP contribution in [0.4, 0.5) is 11.4 Å². The van der Waals surface area contributed by atoms with E-state index in [-0.39, 0.29) is 5.91 Å². The number of rotatable bonds is 4. The van der Waals surface area contributed by atoms with Crippen molar-refractivity contribution >= 4 is 40.6 Å². The summed E-state index contributed by atoms with van der Waals surface area (Å²) in [7, 11) is 0. The highest BCUT2D eigenvalue weighted by molar-refractivity contribution is 8.00. The zero-order valence-corrected chi connectivity index (χ0v) is 13.1. The lowest BCUT2D eigenvalue weighted by atomic mass is 10.2. The van der Waals surface area contributed by atoms with Crippen molar-refractivity contribution in [2.75, 3.05) is 36.4 Å². The molecule has 1 aliphatic rings. The molecule has 1 saturated heterocycles. The number of thioether (sulfide) groups is 1. The molecule has 0 spiro atoms. The van der Waals surface area contributed by atoms with Crippen LogP contribution in [-0.2, 0) is 4.79 Å². The average molecular weight is 314 g/mol. The van der Waals surface area contributed by atoms with E-state index in [2.05, 4.69) is 17.1 Å². The first-order chi connectivity index (χ1) is 9.58. The third kappa shape index (κ3) is 4.30. The van der Waals surface area contributed by atoms with Crippen LogP contribution in [0, 0.1) is 0 Å². The van der Waals surface area contributed by atoms with E-state index in [0.717, 1.165) is 25.3 Å². The Bertz CT molecular complexity index is 483. The van der Waals surface area contributed by atoms with Crippen molar-refractivity contribution in [3.8, 4) is 0 Å². The SMILES string of the molecule is CCC1CN(CC(=O)Nc2ccc(Cl)cc2N)CCS1. The van der Waals surface area contributed by atoms with Crippen LogP contribution in [0.2, 0.25) is 5.02 Å². The minimum Gasteiger partial charge on any atom is -0.397 e. The van der Waals surface area contributed by atoms with Gasteiger partial charge in [0.2, 0.25) is 5.91 Å². The van der Waals surface area contributed by atoms with Crippen molar-refractivity contribution in [2.24, 2.45) is 0 Å². The molecule has 0 bridgehead atoms. The normalized spacial score (nSPS) is 19.8. The van der Waals surface area contributed by atoms with Crippen molar-refractivity contribution in [3.05, 3.63) is 23.2 Å². The quantitative estimate of drug-likeness (QED) is 0.839. The molecule has 0 aliphatic carbocycles.